The number of benzene rings is 1. The van der Waals surface area contributed by atoms with Crippen molar-refractivity contribution in [2.24, 2.45) is 11.1 Å². The van der Waals surface area contributed by atoms with Gasteiger partial charge in [0, 0.05) is 5.54 Å². The third-order valence-electron chi connectivity index (χ3n) is 4.01. The number of ether oxygens (including phenoxy) is 1. The Hall–Kier alpha value is -1.02. The van der Waals surface area contributed by atoms with Crippen molar-refractivity contribution >= 4 is 0 Å². The second kappa shape index (κ2) is 4.02. The number of aryl methyl sites for hydroxylation is 1. The standard InChI is InChI=1S/C15H23NO/c1-11-9-12(17-4)5-6-13(11)15(16)8-7-14(2,3)10-15/h5-6,9H,7-8,10,16H2,1-4H3. The van der Waals surface area contributed by atoms with E-state index < -0.39 is 0 Å². The molecule has 0 saturated heterocycles. The van der Waals surface area contributed by atoms with Crippen molar-refractivity contribution in [2.75, 3.05) is 7.11 Å². The molecule has 2 rings (SSSR count). The highest BCUT2D eigenvalue weighted by molar-refractivity contribution is 5.39. The molecule has 1 aromatic rings. The fourth-order valence-corrected chi connectivity index (χ4v) is 3.14. The first kappa shape index (κ1) is 12.4. The smallest absolute Gasteiger partial charge is 0.119 e. The second-order valence-electron chi connectivity index (χ2n) is 6.18. The lowest BCUT2D eigenvalue weighted by Crippen LogP contribution is -2.35. The van der Waals surface area contributed by atoms with E-state index in [0.717, 1.165) is 18.6 Å². The summed E-state index contributed by atoms with van der Waals surface area (Å²) in [6.07, 6.45) is 3.34. The maximum absolute atomic E-state index is 6.61. The van der Waals surface area contributed by atoms with Crippen molar-refractivity contribution in [3.8, 4) is 5.75 Å². The van der Waals surface area contributed by atoms with Crippen LogP contribution in [-0.2, 0) is 5.54 Å². The molecule has 1 aliphatic rings. The minimum atomic E-state index is -0.153. The van der Waals surface area contributed by atoms with Crippen molar-refractivity contribution in [2.45, 2.75) is 45.6 Å². The molecule has 1 unspecified atom stereocenters. The van der Waals surface area contributed by atoms with Gasteiger partial charge in [-0.2, -0.15) is 0 Å². The zero-order chi connectivity index (χ0) is 12.7. The van der Waals surface area contributed by atoms with Crippen LogP contribution in [0.2, 0.25) is 0 Å². The zero-order valence-corrected chi connectivity index (χ0v) is 11.3. The predicted octanol–water partition coefficient (Wildman–Crippen LogP) is 3.37. The van der Waals surface area contributed by atoms with Gasteiger partial charge in [0.15, 0.2) is 0 Å². The minimum Gasteiger partial charge on any atom is -0.497 e. The first-order chi connectivity index (χ1) is 7.86. The van der Waals surface area contributed by atoms with Crippen LogP contribution in [0.5, 0.6) is 5.75 Å². The highest BCUT2D eigenvalue weighted by atomic mass is 16.5. The van der Waals surface area contributed by atoms with Gasteiger partial charge in [0.1, 0.15) is 5.75 Å². The van der Waals surface area contributed by atoms with Gasteiger partial charge in [0.05, 0.1) is 7.11 Å². The van der Waals surface area contributed by atoms with E-state index in [1.54, 1.807) is 7.11 Å². The quantitative estimate of drug-likeness (QED) is 0.850. The van der Waals surface area contributed by atoms with E-state index in [1.807, 2.05) is 6.07 Å². The largest absolute Gasteiger partial charge is 0.497 e. The highest BCUT2D eigenvalue weighted by Gasteiger charge is 2.42. The molecule has 1 fully saturated rings. The molecule has 1 atom stereocenters. The molecule has 17 heavy (non-hydrogen) atoms. The first-order valence-corrected chi connectivity index (χ1v) is 6.30. The maximum Gasteiger partial charge on any atom is 0.119 e. The average molecular weight is 233 g/mol. The van der Waals surface area contributed by atoms with E-state index in [1.165, 1.54) is 17.5 Å². The maximum atomic E-state index is 6.61. The summed E-state index contributed by atoms with van der Waals surface area (Å²) in [7, 11) is 1.70. The lowest BCUT2D eigenvalue weighted by molar-refractivity contribution is 0.338. The van der Waals surface area contributed by atoms with Gasteiger partial charge in [0.2, 0.25) is 0 Å². The van der Waals surface area contributed by atoms with Crippen molar-refractivity contribution in [3.05, 3.63) is 29.3 Å². The molecule has 1 aromatic carbocycles. The van der Waals surface area contributed by atoms with Crippen molar-refractivity contribution in [1.29, 1.82) is 0 Å². The Kier molecular flexibility index (Phi) is 2.94. The van der Waals surface area contributed by atoms with Crippen LogP contribution in [0.1, 0.15) is 44.2 Å². The summed E-state index contributed by atoms with van der Waals surface area (Å²) in [5.74, 6) is 0.909. The molecule has 0 spiro atoms. The van der Waals surface area contributed by atoms with Crippen LogP contribution < -0.4 is 10.5 Å². The summed E-state index contributed by atoms with van der Waals surface area (Å²) >= 11 is 0. The number of nitrogens with two attached hydrogens (primary N) is 1. The zero-order valence-electron chi connectivity index (χ0n) is 11.3. The van der Waals surface area contributed by atoms with E-state index in [4.69, 9.17) is 10.5 Å². The van der Waals surface area contributed by atoms with E-state index in [2.05, 4.69) is 32.9 Å². The lowest BCUT2D eigenvalue weighted by atomic mass is 9.82. The van der Waals surface area contributed by atoms with E-state index in [0.29, 0.717) is 5.41 Å². The molecule has 1 aliphatic carbocycles. The van der Waals surface area contributed by atoms with Crippen molar-refractivity contribution < 1.29 is 4.74 Å². The third-order valence-corrected chi connectivity index (χ3v) is 4.01. The summed E-state index contributed by atoms with van der Waals surface area (Å²) in [5, 5.41) is 0. The Bertz CT molecular complexity index is 425. The van der Waals surface area contributed by atoms with Gasteiger partial charge in [-0.3, -0.25) is 0 Å². The summed E-state index contributed by atoms with van der Waals surface area (Å²) in [6, 6.07) is 6.23. The average Bonchev–Trinajstić information content (AvgIpc) is 2.53. The summed E-state index contributed by atoms with van der Waals surface area (Å²) in [5.41, 5.74) is 9.34. The SMILES string of the molecule is COc1ccc(C2(N)CCC(C)(C)C2)c(C)c1. The van der Waals surface area contributed by atoms with Crippen LogP contribution in [0.4, 0.5) is 0 Å². The molecule has 2 N–H and O–H groups in total. The summed E-state index contributed by atoms with van der Waals surface area (Å²) in [4.78, 5) is 0. The molecule has 0 amide bonds. The van der Waals surface area contributed by atoms with Crippen LogP contribution in [0.15, 0.2) is 18.2 Å². The second-order valence-corrected chi connectivity index (χ2v) is 6.18. The van der Waals surface area contributed by atoms with Crippen LogP contribution in [0, 0.1) is 12.3 Å². The molecule has 0 heterocycles. The lowest BCUT2D eigenvalue weighted by Gasteiger charge is -2.29. The molecule has 2 heteroatoms. The van der Waals surface area contributed by atoms with Crippen LogP contribution in [-0.4, -0.2) is 7.11 Å². The van der Waals surface area contributed by atoms with Crippen LogP contribution >= 0.6 is 0 Å². The van der Waals surface area contributed by atoms with Crippen molar-refractivity contribution in [1.82, 2.24) is 0 Å². The molecule has 0 aliphatic heterocycles. The van der Waals surface area contributed by atoms with Gasteiger partial charge >= 0.3 is 0 Å². The molecule has 0 aromatic heterocycles. The van der Waals surface area contributed by atoms with Gasteiger partial charge < -0.3 is 10.5 Å². The minimum absolute atomic E-state index is 0.153. The monoisotopic (exact) mass is 233 g/mol. The summed E-state index contributed by atoms with van der Waals surface area (Å²) < 4.78 is 5.25. The Balaban J connectivity index is 2.35. The fourth-order valence-electron chi connectivity index (χ4n) is 3.14. The molecule has 94 valence electrons. The van der Waals surface area contributed by atoms with Gasteiger partial charge in [-0.15, -0.1) is 0 Å². The fraction of sp³-hybridized carbons (Fsp3) is 0.600. The number of hydrogen-bond donors (Lipinski definition) is 1. The Morgan fingerprint density at radius 3 is 2.41 bits per heavy atom. The highest BCUT2D eigenvalue weighted by Crippen LogP contribution is 2.48. The number of rotatable bonds is 2. The Morgan fingerprint density at radius 1 is 1.24 bits per heavy atom. The molecule has 2 nitrogen and oxygen atoms in total. The molecular weight excluding hydrogens is 210 g/mol. The van der Waals surface area contributed by atoms with E-state index in [9.17, 15) is 0 Å². The van der Waals surface area contributed by atoms with Crippen molar-refractivity contribution in [3.63, 3.8) is 0 Å². The third kappa shape index (κ3) is 2.32. The molecule has 1 saturated carbocycles. The van der Waals surface area contributed by atoms with Gasteiger partial charge in [0.25, 0.3) is 0 Å². The Labute approximate surface area is 104 Å². The number of hydrogen-bond acceptors (Lipinski definition) is 2. The van der Waals surface area contributed by atoms with Crippen LogP contribution in [0.3, 0.4) is 0 Å². The first-order valence-electron chi connectivity index (χ1n) is 6.30. The van der Waals surface area contributed by atoms with E-state index >= 15 is 0 Å². The molecule has 0 radical (unpaired) electrons. The van der Waals surface area contributed by atoms with Gasteiger partial charge in [-0.25, -0.2) is 0 Å². The Morgan fingerprint density at radius 2 is 1.94 bits per heavy atom. The predicted molar refractivity (Wildman–Crippen MR) is 71.2 cm³/mol. The molecule has 0 bridgehead atoms. The van der Waals surface area contributed by atoms with Gasteiger partial charge in [-0.05, 0) is 54.9 Å². The molecular formula is C15H23NO. The van der Waals surface area contributed by atoms with Gasteiger partial charge in [-0.1, -0.05) is 19.9 Å². The normalized spacial score (nSPS) is 27.1. The topological polar surface area (TPSA) is 35.2 Å². The van der Waals surface area contributed by atoms with E-state index in [-0.39, 0.29) is 5.54 Å². The number of methoxy groups -OCH3 is 1. The van der Waals surface area contributed by atoms with Crippen LogP contribution in [0.25, 0.3) is 0 Å². The summed E-state index contributed by atoms with van der Waals surface area (Å²) in [6.45, 7) is 6.73.